The second-order valence-corrected chi connectivity index (χ2v) is 10.1. The van der Waals surface area contributed by atoms with Crippen molar-refractivity contribution in [2.45, 2.75) is 60.5 Å². The number of likely N-dealkylation sites (N-methyl/N-ethyl adjacent to an activating group) is 2. The van der Waals surface area contributed by atoms with Gasteiger partial charge in [0.1, 0.15) is 11.5 Å². The molecule has 2 aromatic carbocycles. The van der Waals surface area contributed by atoms with Crippen LogP contribution in [0.5, 0.6) is 11.5 Å². The lowest BCUT2D eigenvalue weighted by atomic mass is 9.96. The summed E-state index contributed by atoms with van der Waals surface area (Å²) >= 11 is 0. The number of nitrogens with zero attached hydrogens (tertiary/aromatic N) is 2. The number of carbonyl (C=O) groups excluding carboxylic acids is 2. The number of hydrogen-bond donors (Lipinski definition) is 0. The summed E-state index contributed by atoms with van der Waals surface area (Å²) in [5.74, 6) is 1.07. The van der Waals surface area contributed by atoms with Crippen LogP contribution in [-0.2, 0) is 61.4 Å². The van der Waals surface area contributed by atoms with E-state index < -0.39 is 0 Å². The molecule has 10 nitrogen and oxygen atoms in total. The van der Waals surface area contributed by atoms with Crippen molar-refractivity contribution in [3.8, 4) is 11.5 Å². The fourth-order valence-corrected chi connectivity index (χ4v) is 5.12. The lowest BCUT2D eigenvalue weighted by Crippen LogP contribution is -2.34. The first-order valence-corrected chi connectivity index (χ1v) is 14.9. The Morgan fingerprint density at radius 1 is 0.535 bits per heavy atom. The topological polar surface area (TPSA) is 96.0 Å². The molecule has 43 heavy (non-hydrogen) atoms. The van der Waals surface area contributed by atoms with E-state index in [1.807, 2.05) is 52.0 Å². The molecule has 0 saturated heterocycles. The molecular formula is C33H50N2O8. The summed E-state index contributed by atoms with van der Waals surface area (Å²) in [6, 6.07) is 8.16. The van der Waals surface area contributed by atoms with Gasteiger partial charge in [-0.2, -0.15) is 0 Å². The molecule has 0 heterocycles. The lowest BCUT2D eigenvalue weighted by molar-refractivity contribution is -0.133. The summed E-state index contributed by atoms with van der Waals surface area (Å²) in [7, 11) is 6.52. The van der Waals surface area contributed by atoms with Gasteiger partial charge in [0.15, 0.2) is 13.2 Å². The lowest BCUT2D eigenvalue weighted by Gasteiger charge is -2.22. The third-order valence-corrected chi connectivity index (χ3v) is 7.12. The van der Waals surface area contributed by atoms with E-state index in [0.29, 0.717) is 70.5 Å². The van der Waals surface area contributed by atoms with E-state index in [1.165, 1.54) is 0 Å². The van der Waals surface area contributed by atoms with Gasteiger partial charge in [-0.15, -0.1) is 0 Å². The molecule has 0 aliphatic heterocycles. The van der Waals surface area contributed by atoms with Gasteiger partial charge in [0.25, 0.3) is 11.8 Å². The molecule has 0 aliphatic carbocycles. The van der Waals surface area contributed by atoms with Gasteiger partial charge in [-0.05, 0) is 69.5 Å². The second-order valence-electron chi connectivity index (χ2n) is 10.1. The standard InChI is InChI=1S/C33H50N2O8/c1-9-34(10-2)30(36)22-42-32-26(18-38-5)14-24(15-27(32)19-39-6)13-25-16-28(20-40-7)33(29(17-25)21-41-8)43-23-31(37)35(11-3)12-4/h14-17H,9-13,18-23H2,1-8H3. The number of ether oxygens (including phenoxy) is 6. The molecule has 0 N–H and O–H groups in total. The molecule has 0 saturated carbocycles. The molecule has 0 spiro atoms. The maximum absolute atomic E-state index is 12.7. The summed E-state index contributed by atoms with van der Waals surface area (Å²) in [5, 5.41) is 0. The number of rotatable bonds is 20. The van der Waals surface area contributed by atoms with Crippen LogP contribution in [0, 0.1) is 0 Å². The molecule has 0 aromatic heterocycles. The Labute approximate surface area is 257 Å². The molecule has 10 heteroatoms. The van der Waals surface area contributed by atoms with Crippen molar-refractivity contribution in [1.82, 2.24) is 9.80 Å². The Kier molecular flexibility index (Phi) is 16.1. The minimum absolute atomic E-state index is 0.0621. The SMILES string of the molecule is CCN(CC)C(=O)COc1c(COC)cc(Cc2cc(COC)c(OCC(=O)N(CC)CC)c(COC)c2)cc1COC. The Morgan fingerprint density at radius 3 is 1.05 bits per heavy atom. The average Bonchev–Trinajstić information content (AvgIpc) is 2.98. The van der Waals surface area contributed by atoms with Crippen molar-refractivity contribution in [3.63, 3.8) is 0 Å². The molecule has 0 bridgehead atoms. The first-order valence-electron chi connectivity index (χ1n) is 14.9. The summed E-state index contributed by atoms with van der Waals surface area (Å²) in [5.41, 5.74) is 5.40. The zero-order chi connectivity index (χ0) is 31.8. The van der Waals surface area contributed by atoms with Crippen molar-refractivity contribution in [2.75, 3.05) is 67.8 Å². The monoisotopic (exact) mass is 602 g/mol. The number of amides is 2. The first kappa shape index (κ1) is 36.0. The summed E-state index contributed by atoms with van der Waals surface area (Å²) < 4.78 is 34.2. The van der Waals surface area contributed by atoms with Crippen LogP contribution in [-0.4, -0.2) is 89.4 Å². The number of methoxy groups -OCH3 is 4. The molecule has 2 aromatic rings. The predicted octanol–water partition coefficient (Wildman–Crippen LogP) is 4.36. The van der Waals surface area contributed by atoms with Gasteiger partial charge < -0.3 is 38.2 Å². The Morgan fingerprint density at radius 2 is 0.814 bits per heavy atom. The van der Waals surface area contributed by atoms with Gasteiger partial charge in [-0.1, -0.05) is 0 Å². The molecule has 0 aliphatic rings. The van der Waals surface area contributed by atoms with Crippen LogP contribution in [0.1, 0.15) is 61.1 Å². The number of carbonyl (C=O) groups is 2. The molecule has 0 radical (unpaired) electrons. The van der Waals surface area contributed by atoms with Crippen LogP contribution in [0.25, 0.3) is 0 Å². The second kappa shape index (κ2) is 19.2. The van der Waals surface area contributed by atoms with E-state index in [2.05, 4.69) is 0 Å². The van der Waals surface area contributed by atoms with E-state index in [4.69, 9.17) is 28.4 Å². The Balaban J connectivity index is 2.46. The quantitative estimate of drug-likeness (QED) is 0.221. The predicted molar refractivity (Wildman–Crippen MR) is 165 cm³/mol. The van der Waals surface area contributed by atoms with Gasteiger partial charge in [-0.25, -0.2) is 0 Å². The summed E-state index contributed by atoms with van der Waals surface area (Å²) in [4.78, 5) is 28.8. The number of benzene rings is 2. The zero-order valence-corrected chi connectivity index (χ0v) is 27.2. The van der Waals surface area contributed by atoms with Gasteiger partial charge in [0, 0.05) is 76.9 Å². The van der Waals surface area contributed by atoms with Crippen LogP contribution in [0.2, 0.25) is 0 Å². The van der Waals surface area contributed by atoms with E-state index >= 15 is 0 Å². The van der Waals surface area contributed by atoms with Crippen molar-refractivity contribution in [3.05, 3.63) is 57.6 Å². The number of hydrogen-bond acceptors (Lipinski definition) is 8. The van der Waals surface area contributed by atoms with Crippen LogP contribution in [0.3, 0.4) is 0 Å². The summed E-state index contributed by atoms with van der Waals surface area (Å²) in [6.07, 6.45) is 0.595. The minimum Gasteiger partial charge on any atom is -0.483 e. The highest BCUT2D eigenvalue weighted by Crippen LogP contribution is 2.32. The molecule has 0 unspecified atom stereocenters. The minimum atomic E-state index is -0.0711. The van der Waals surface area contributed by atoms with Gasteiger partial charge in [0.05, 0.1) is 26.4 Å². The highest BCUT2D eigenvalue weighted by molar-refractivity contribution is 5.78. The van der Waals surface area contributed by atoms with Gasteiger partial charge in [0.2, 0.25) is 0 Å². The van der Waals surface area contributed by atoms with Crippen LogP contribution < -0.4 is 9.47 Å². The van der Waals surface area contributed by atoms with Crippen molar-refractivity contribution in [2.24, 2.45) is 0 Å². The smallest absolute Gasteiger partial charge is 0.260 e. The Bertz CT molecular complexity index is 1020. The van der Waals surface area contributed by atoms with Crippen molar-refractivity contribution < 1.29 is 38.0 Å². The third-order valence-electron chi connectivity index (χ3n) is 7.12. The summed E-state index contributed by atoms with van der Waals surface area (Å²) in [6.45, 7) is 11.4. The fraction of sp³-hybridized carbons (Fsp3) is 0.576. The maximum Gasteiger partial charge on any atom is 0.260 e. The largest absolute Gasteiger partial charge is 0.483 e. The highest BCUT2D eigenvalue weighted by atomic mass is 16.5. The van der Waals surface area contributed by atoms with Crippen molar-refractivity contribution in [1.29, 1.82) is 0 Å². The molecule has 0 fully saturated rings. The zero-order valence-electron chi connectivity index (χ0n) is 27.2. The maximum atomic E-state index is 12.7. The van der Waals surface area contributed by atoms with Crippen LogP contribution in [0.4, 0.5) is 0 Å². The van der Waals surface area contributed by atoms with E-state index in [9.17, 15) is 9.59 Å². The molecule has 2 amide bonds. The van der Waals surface area contributed by atoms with E-state index in [1.54, 1.807) is 38.2 Å². The molecule has 2 rings (SSSR count). The van der Waals surface area contributed by atoms with Gasteiger partial charge in [-0.3, -0.25) is 9.59 Å². The molecule has 240 valence electrons. The average molecular weight is 603 g/mol. The highest BCUT2D eigenvalue weighted by Gasteiger charge is 2.19. The van der Waals surface area contributed by atoms with Crippen LogP contribution >= 0.6 is 0 Å². The first-order chi connectivity index (χ1) is 20.8. The molecular weight excluding hydrogens is 552 g/mol. The Hall–Kier alpha value is -3.18. The van der Waals surface area contributed by atoms with Crippen LogP contribution in [0.15, 0.2) is 24.3 Å². The molecule has 0 atom stereocenters. The third kappa shape index (κ3) is 10.5. The fourth-order valence-electron chi connectivity index (χ4n) is 5.12. The van der Waals surface area contributed by atoms with Crippen molar-refractivity contribution >= 4 is 11.8 Å². The normalized spacial score (nSPS) is 11.0. The van der Waals surface area contributed by atoms with Gasteiger partial charge >= 0.3 is 0 Å². The van der Waals surface area contributed by atoms with E-state index in [-0.39, 0.29) is 25.0 Å². The van der Waals surface area contributed by atoms with E-state index in [0.717, 1.165) is 33.4 Å².